The maximum atomic E-state index is 2.69. The van der Waals surface area contributed by atoms with Gasteiger partial charge in [0.25, 0.3) is 0 Å². The third-order valence-electron chi connectivity index (χ3n) is 7.47. The number of hydrogen-bond acceptors (Lipinski definition) is 0. The molecule has 0 bridgehead atoms. The van der Waals surface area contributed by atoms with E-state index in [-0.39, 0.29) is 0 Å². The summed E-state index contributed by atoms with van der Waals surface area (Å²) < 4.78 is 4.12. The fourth-order valence-corrected chi connectivity index (χ4v) is 9.31. The molecule has 2 saturated carbocycles. The lowest BCUT2D eigenvalue weighted by molar-refractivity contribution is 0.110. The Bertz CT molecular complexity index is 365. The van der Waals surface area contributed by atoms with Gasteiger partial charge in [0, 0.05) is 13.3 Å². The van der Waals surface area contributed by atoms with Gasteiger partial charge in [-0.15, -0.1) is 0 Å². The predicted octanol–water partition coefficient (Wildman–Crippen LogP) is 9.01. The largest absolute Gasteiger partial charge is 0.0858 e. The zero-order valence-corrected chi connectivity index (χ0v) is 23.0. The van der Waals surface area contributed by atoms with Crippen LogP contribution in [0.15, 0.2) is 0 Å². The molecule has 0 radical (unpaired) electrons. The lowest BCUT2D eigenvalue weighted by atomic mass is 9.64. The normalized spacial score (nSPS) is 26.8. The highest BCUT2D eigenvalue weighted by atomic mass is 127. The van der Waals surface area contributed by atoms with Gasteiger partial charge in [0.05, 0.1) is 0 Å². The van der Waals surface area contributed by atoms with Crippen molar-refractivity contribution in [3.05, 3.63) is 0 Å². The zero-order valence-electron chi connectivity index (χ0n) is 16.5. The molecule has 2 rings (SSSR count). The summed E-state index contributed by atoms with van der Waals surface area (Å²) in [6.45, 7) is 4.95. The van der Waals surface area contributed by atoms with Crippen LogP contribution in [-0.2, 0) is 0 Å². The Labute approximate surface area is 198 Å². The summed E-state index contributed by atoms with van der Waals surface area (Å²) in [4.78, 5) is 0. The van der Waals surface area contributed by atoms with E-state index in [1.807, 2.05) is 0 Å². The molecular weight excluding hydrogens is 645 g/mol. The van der Waals surface area contributed by atoms with Crippen molar-refractivity contribution in [3.63, 3.8) is 0 Å². The smallest absolute Gasteiger partial charge is 0.00593 e. The van der Waals surface area contributed by atoms with Crippen LogP contribution < -0.4 is 0 Å². The Kier molecular flexibility index (Phi) is 10.2. The first-order valence-electron chi connectivity index (χ1n) is 10.6. The van der Waals surface area contributed by atoms with Crippen LogP contribution in [0, 0.1) is 22.2 Å². The minimum absolute atomic E-state index is 0.610. The SMILES string of the molecule is CC1(C)CCC(CI)(CCCC2CCCC(CI)(CI)CCC2)CC1. The molecule has 0 saturated heterocycles. The molecule has 0 aliphatic heterocycles. The van der Waals surface area contributed by atoms with Crippen molar-refractivity contribution in [2.24, 2.45) is 22.2 Å². The molecule has 0 aromatic heterocycles. The predicted molar refractivity (Wildman–Crippen MR) is 139 cm³/mol. The Balaban J connectivity index is 1.74. The van der Waals surface area contributed by atoms with E-state index in [0.717, 1.165) is 5.92 Å². The summed E-state index contributed by atoms with van der Waals surface area (Å²) in [5.41, 5.74) is 1.97. The van der Waals surface area contributed by atoms with E-state index in [1.165, 1.54) is 96.8 Å². The Hall–Kier alpha value is 2.19. The van der Waals surface area contributed by atoms with Crippen molar-refractivity contribution in [2.75, 3.05) is 13.3 Å². The third kappa shape index (κ3) is 7.18. The molecule has 0 amide bonds. The molecule has 2 aliphatic carbocycles. The Morgan fingerprint density at radius 3 is 1.72 bits per heavy atom. The van der Waals surface area contributed by atoms with Crippen LogP contribution in [0.3, 0.4) is 0 Å². The van der Waals surface area contributed by atoms with Gasteiger partial charge in [0.1, 0.15) is 0 Å². The van der Waals surface area contributed by atoms with Gasteiger partial charge < -0.3 is 0 Å². The van der Waals surface area contributed by atoms with Crippen molar-refractivity contribution in [3.8, 4) is 0 Å². The molecule has 0 N–H and O–H groups in total. The highest BCUT2D eigenvalue weighted by Crippen LogP contribution is 2.49. The summed E-state index contributed by atoms with van der Waals surface area (Å²) in [5.74, 6) is 1.03. The van der Waals surface area contributed by atoms with Gasteiger partial charge in [-0.3, -0.25) is 0 Å². The molecule has 25 heavy (non-hydrogen) atoms. The first-order chi connectivity index (χ1) is 11.9. The molecule has 0 nitrogen and oxygen atoms in total. The lowest BCUT2D eigenvalue weighted by Crippen LogP contribution is -2.32. The summed E-state index contributed by atoms with van der Waals surface area (Å²) in [5, 5.41) is 0. The molecule has 148 valence electrons. The Morgan fingerprint density at radius 1 is 0.720 bits per heavy atom. The van der Waals surface area contributed by atoms with E-state index in [9.17, 15) is 0 Å². The van der Waals surface area contributed by atoms with Gasteiger partial charge in [-0.05, 0) is 67.1 Å². The average Bonchev–Trinajstić information content (AvgIpc) is 2.59. The molecule has 2 aliphatic rings. The van der Waals surface area contributed by atoms with Crippen LogP contribution in [0.4, 0.5) is 0 Å². The van der Waals surface area contributed by atoms with Gasteiger partial charge in [-0.25, -0.2) is 0 Å². The highest BCUT2D eigenvalue weighted by Gasteiger charge is 2.37. The second kappa shape index (κ2) is 10.8. The molecular formula is C22H39I3. The number of rotatable bonds is 7. The average molecular weight is 684 g/mol. The van der Waals surface area contributed by atoms with E-state index in [4.69, 9.17) is 0 Å². The van der Waals surface area contributed by atoms with E-state index in [2.05, 4.69) is 81.6 Å². The fourth-order valence-electron chi connectivity index (χ4n) is 5.07. The highest BCUT2D eigenvalue weighted by molar-refractivity contribution is 14.1. The molecule has 0 aromatic carbocycles. The van der Waals surface area contributed by atoms with Crippen molar-refractivity contribution in [2.45, 2.75) is 97.3 Å². The minimum atomic E-state index is 0.610. The Morgan fingerprint density at radius 2 is 1.24 bits per heavy atom. The molecule has 0 heterocycles. The van der Waals surface area contributed by atoms with Crippen LogP contribution >= 0.6 is 67.8 Å². The second-order valence-corrected chi connectivity index (χ2v) is 12.4. The monoisotopic (exact) mass is 684 g/mol. The molecule has 0 atom stereocenters. The second-order valence-electron chi connectivity index (χ2n) is 10.1. The molecule has 0 unspecified atom stereocenters. The van der Waals surface area contributed by atoms with E-state index in [1.54, 1.807) is 0 Å². The van der Waals surface area contributed by atoms with Crippen LogP contribution in [0.1, 0.15) is 97.3 Å². The van der Waals surface area contributed by atoms with Crippen LogP contribution in [0.2, 0.25) is 0 Å². The first-order valence-corrected chi connectivity index (χ1v) is 15.1. The van der Waals surface area contributed by atoms with E-state index >= 15 is 0 Å². The van der Waals surface area contributed by atoms with Gasteiger partial charge in [0.15, 0.2) is 0 Å². The van der Waals surface area contributed by atoms with Crippen molar-refractivity contribution in [1.29, 1.82) is 0 Å². The van der Waals surface area contributed by atoms with Crippen LogP contribution in [0.5, 0.6) is 0 Å². The summed E-state index contributed by atoms with van der Waals surface area (Å²) in [6, 6.07) is 0. The van der Waals surface area contributed by atoms with Gasteiger partial charge in [0.2, 0.25) is 0 Å². The van der Waals surface area contributed by atoms with Crippen LogP contribution in [-0.4, -0.2) is 13.3 Å². The molecule has 0 aromatic rings. The zero-order chi connectivity index (χ0) is 18.4. The fraction of sp³-hybridized carbons (Fsp3) is 1.00. The van der Waals surface area contributed by atoms with E-state index in [0.29, 0.717) is 16.2 Å². The molecule has 2 fully saturated rings. The maximum absolute atomic E-state index is 2.69. The number of alkyl halides is 3. The van der Waals surface area contributed by atoms with Crippen molar-refractivity contribution >= 4 is 67.8 Å². The molecule has 0 spiro atoms. The van der Waals surface area contributed by atoms with Crippen molar-refractivity contribution in [1.82, 2.24) is 0 Å². The topological polar surface area (TPSA) is 0 Å². The van der Waals surface area contributed by atoms with Crippen molar-refractivity contribution < 1.29 is 0 Å². The third-order valence-corrected chi connectivity index (χ3v) is 12.3. The summed E-state index contributed by atoms with van der Waals surface area (Å²) >= 11 is 7.98. The minimum Gasteiger partial charge on any atom is -0.0858 e. The van der Waals surface area contributed by atoms with Gasteiger partial charge >= 0.3 is 0 Å². The standard InChI is InChI=1S/C22H39I3/c1-20(2)12-14-21(16-23,15-13-20)9-3-6-19-7-4-10-22(17-24,18-25)11-5-8-19/h19H,3-18H2,1-2H3. The summed E-state index contributed by atoms with van der Waals surface area (Å²) in [6.07, 6.45) is 19.4. The van der Waals surface area contributed by atoms with Gasteiger partial charge in [-0.2, -0.15) is 0 Å². The summed E-state index contributed by atoms with van der Waals surface area (Å²) in [7, 11) is 0. The number of hydrogen-bond donors (Lipinski definition) is 0. The number of halogens is 3. The maximum Gasteiger partial charge on any atom is 0.00593 e. The quantitative estimate of drug-likeness (QED) is 0.186. The van der Waals surface area contributed by atoms with Crippen LogP contribution in [0.25, 0.3) is 0 Å². The van der Waals surface area contributed by atoms with E-state index < -0.39 is 0 Å². The molecule has 3 heteroatoms. The lowest BCUT2D eigenvalue weighted by Gasteiger charge is -2.43. The van der Waals surface area contributed by atoms with Gasteiger partial charge in [-0.1, -0.05) is 120 Å². The first kappa shape index (κ1) is 23.5.